The molecular formula is C11H10O4. The van der Waals surface area contributed by atoms with E-state index >= 15 is 0 Å². The molecule has 0 spiro atoms. The maximum atomic E-state index is 11.0. The molecule has 0 aliphatic heterocycles. The van der Waals surface area contributed by atoms with Gasteiger partial charge in [-0.1, -0.05) is 6.07 Å². The van der Waals surface area contributed by atoms with E-state index in [4.69, 9.17) is 14.6 Å². The Morgan fingerprint density at radius 1 is 1.13 bits per heavy atom. The van der Waals surface area contributed by atoms with E-state index in [-0.39, 0.29) is 13.2 Å². The van der Waals surface area contributed by atoms with Gasteiger partial charge in [-0.25, -0.2) is 4.79 Å². The third-order valence-corrected chi connectivity index (χ3v) is 2.24. The Kier molecular flexibility index (Phi) is 2.53. The number of benzene rings is 1. The second-order valence-electron chi connectivity index (χ2n) is 3.24. The maximum Gasteiger partial charge on any atom is 0.336 e. The maximum absolute atomic E-state index is 11.0. The fourth-order valence-corrected chi connectivity index (χ4v) is 1.54. The van der Waals surface area contributed by atoms with Gasteiger partial charge in [0.05, 0.1) is 13.2 Å². The Morgan fingerprint density at radius 2 is 1.93 bits per heavy atom. The van der Waals surface area contributed by atoms with E-state index in [0.717, 1.165) is 0 Å². The van der Waals surface area contributed by atoms with Crippen molar-refractivity contribution in [1.82, 2.24) is 0 Å². The van der Waals surface area contributed by atoms with Crippen molar-refractivity contribution in [1.29, 1.82) is 0 Å². The first-order chi connectivity index (χ1) is 7.24. The lowest BCUT2D eigenvalue weighted by Crippen LogP contribution is -1.98. The van der Waals surface area contributed by atoms with Crippen molar-refractivity contribution < 1.29 is 14.6 Å². The fourth-order valence-electron chi connectivity index (χ4n) is 1.54. The molecule has 78 valence electrons. The van der Waals surface area contributed by atoms with E-state index in [0.29, 0.717) is 22.1 Å². The molecule has 1 aromatic carbocycles. The minimum absolute atomic E-state index is 0.151. The predicted molar refractivity (Wildman–Crippen MR) is 54.3 cm³/mol. The number of hydrogen-bond donors (Lipinski definition) is 2. The Hall–Kier alpha value is -1.65. The average Bonchev–Trinajstić information content (AvgIpc) is 2.26. The van der Waals surface area contributed by atoms with E-state index in [9.17, 15) is 4.79 Å². The quantitative estimate of drug-likeness (QED) is 0.712. The highest BCUT2D eigenvalue weighted by Crippen LogP contribution is 2.19. The minimum Gasteiger partial charge on any atom is -0.423 e. The summed E-state index contributed by atoms with van der Waals surface area (Å²) in [6, 6.07) is 6.19. The van der Waals surface area contributed by atoms with Crippen molar-refractivity contribution in [3.05, 3.63) is 45.8 Å². The molecule has 0 aliphatic carbocycles. The summed E-state index contributed by atoms with van der Waals surface area (Å²) in [6.07, 6.45) is 0. The Labute approximate surface area is 85.4 Å². The van der Waals surface area contributed by atoms with Crippen LogP contribution in [0.25, 0.3) is 11.0 Å². The van der Waals surface area contributed by atoms with Crippen LogP contribution in [0.5, 0.6) is 0 Å². The SMILES string of the molecule is O=c1ccc2c(CO)cc(CO)cc2o1. The van der Waals surface area contributed by atoms with Crippen LogP contribution in [0, 0.1) is 0 Å². The Morgan fingerprint density at radius 3 is 2.60 bits per heavy atom. The van der Waals surface area contributed by atoms with Crippen molar-refractivity contribution in [2.24, 2.45) is 0 Å². The lowest BCUT2D eigenvalue weighted by molar-refractivity contribution is 0.276. The van der Waals surface area contributed by atoms with Crippen LogP contribution in [0.3, 0.4) is 0 Å². The first-order valence-corrected chi connectivity index (χ1v) is 4.52. The summed E-state index contributed by atoms with van der Waals surface area (Å²) in [7, 11) is 0. The molecule has 15 heavy (non-hydrogen) atoms. The normalized spacial score (nSPS) is 10.8. The van der Waals surface area contributed by atoms with E-state index in [1.165, 1.54) is 6.07 Å². The molecule has 0 bridgehead atoms. The molecule has 1 aromatic heterocycles. The Balaban J connectivity index is 2.80. The van der Waals surface area contributed by atoms with Crippen LogP contribution >= 0.6 is 0 Å². The lowest BCUT2D eigenvalue weighted by atomic mass is 10.1. The van der Waals surface area contributed by atoms with Gasteiger partial charge in [-0.3, -0.25) is 0 Å². The lowest BCUT2D eigenvalue weighted by Gasteiger charge is -2.04. The minimum atomic E-state index is -0.443. The monoisotopic (exact) mass is 206 g/mol. The smallest absolute Gasteiger partial charge is 0.336 e. The largest absolute Gasteiger partial charge is 0.423 e. The van der Waals surface area contributed by atoms with Crippen LogP contribution in [-0.4, -0.2) is 10.2 Å². The summed E-state index contributed by atoms with van der Waals surface area (Å²) in [6.45, 7) is -0.306. The summed E-state index contributed by atoms with van der Waals surface area (Å²) in [5.74, 6) is 0. The van der Waals surface area contributed by atoms with Gasteiger partial charge in [0.2, 0.25) is 0 Å². The average molecular weight is 206 g/mol. The van der Waals surface area contributed by atoms with Gasteiger partial charge in [0.1, 0.15) is 5.58 Å². The van der Waals surface area contributed by atoms with Crippen LogP contribution in [0.4, 0.5) is 0 Å². The van der Waals surface area contributed by atoms with Gasteiger partial charge >= 0.3 is 5.63 Å². The highest BCUT2D eigenvalue weighted by Gasteiger charge is 2.05. The van der Waals surface area contributed by atoms with E-state index in [2.05, 4.69) is 0 Å². The molecule has 4 nitrogen and oxygen atoms in total. The van der Waals surface area contributed by atoms with Gasteiger partial charge in [0.15, 0.2) is 0 Å². The van der Waals surface area contributed by atoms with Crippen LogP contribution < -0.4 is 5.63 Å². The summed E-state index contributed by atoms with van der Waals surface area (Å²) in [5.41, 5.74) is 1.20. The highest BCUT2D eigenvalue weighted by atomic mass is 16.4. The van der Waals surface area contributed by atoms with E-state index in [1.54, 1.807) is 18.2 Å². The standard InChI is InChI=1S/C11H10O4/c12-5-7-3-8(6-13)9-1-2-11(14)15-10(9)4-7/h1-4,12-13H,5-6H2. The summed E-state index contributed by atoms with van der Waals surface area (Å²) < 4.78 is 4.97. The highest BCUT2D eigenvalue weighted by molar-refractivity contribution is 5.80. The van der Waals surface area contributed by atoms with Gasteiger partial charge in [-0.05, 0) is 23.3 Å². The van der Waals surface area contributed by atoms with Crippen LogP contribution in [0.2, 0.25) is 0 Å². The molecule has 2 aromatic rings. The first kappa shape index (κ1) is 9.89. The molecule has 4 heteroatoms. The summed E-state index contributed by atoms with van der Waals surface area (Å²) in [5, 5.41) is 18.8. The molecule has 0 saturated heterocycles. The van der Waals surface area contributed by atoms with Crippen LogP contribution in [0.15, 0.2) is 33.5 Å². The molecule has 0 atom stereocenters. The zero-order chi connectivity index (χ0) is 10.8. The molecule has 0 aliphatic rings. The topological polar surface area (TPSA) is 70.7 Å². The molecular weight excluding hydrogens is 196 g/mol. The van der Waals surface area contributed by atoms with Gasteiger partial charge in [0, 0.05) is 11.5 Å². The molecule has 0 unspecified atom stereocenters. The van der Waals surface area contributed by atoms with Crippen molar-refractivity contribution in [3.8, 4) is 0 Å². The van der Waals surface area contributed by atoms with Crippen molar-refractivity contribution in [2.45, 2.75) is 13.2 Å². The van der Waals surface area contributed by atoms with Gasteiger partial charge in [-0.15, -0.1) is 0 Å². The van der Waals surface area contributed by atoms with Gasteiger partial charge in [-0.2, -0.15) is 0 Å². The van der Waals surface area contributed by atoms with Gasteiger partial charge in [0.25, 0.3) is 0 Å². The third-order valence-electron chi connectivity index (χ3n) is 2.24. The summed E-state index contributed by atoms with van der Waals surface area (Å²) >= 11 is 0. The molecule has 0 amide bonds. The number of rotatable bonds is 2. The Bertz CT molecular complexity index is 542. The van der Waals surface area contributed by atoms with E-state index < -0.39 is 5.63 Å². The van der Waals surface area contributed by atoms with Crippen LogP contribution in [0.1, 0.15) is 11.1 Å². The van der Waals surface area contributed by atoms with Crippen LogP contribution in [-0.2, 0) is 13.2 Å². The van der Waals surface area contributed by atoms with Crippen molar-refractivity contribution >= 4 is 11.0 Å². The molecule has 0 radical (unpaired) electrons. The molecule has 0 fully saturated rings. The second kappa shape index (κ2) is 3.84. The molecule has 0 saturated carbocycles. The summed E-state index contributed by atoms with van der Waals surface area (Å²) in [4.78, 5) is 11.0. The molecule has 1 heterocycles. The number of fused-ring (bicyclic) bond motifs is 1. The van der Waals surface area contributed by atoms with E-state index in [1.807, 2.05) is 0 Å². The third kappa shape index (κ3) is 1.77. The second-order valence-corrected chi connectivity index (χ2v) is 3.24. The number of aliphatic hydroxyl groups excluding tert-OH is 2. The number of hydrogen-bond acceptors (Lipinski definition) is 4. The number of aliphatic hydroxyl groups is 2. The molecule has 2 rings (SSSR count). The van der Waals surface area contributed by atoms with Crippen molar-refractivity contribution in [3.63, 3.8) is 0 Å². The fraction of sp³-hybridized carbons (Fsp3) is 0.182. The predicted octanol–water partition coefficient (Wildman–Crippen LogP) is 0.778. The molecule has 2 N–H and O–H groups in total. The van der Waals surface area contributed by atoms with Crippen molar-refractivity contribution in [2.75, 3.05) is 0 Å². The first-order valence-electron chi connectivity index (χ1n) is 4.52. The zero-order valence-electron chi connectivity index (χ0n) is 7.93. The zero-order valence-corrected chi connectivity index (χ0v) is 7.93. The van der Waals surface area contributed by atoms with Gasteiger partial charge < -0.3 is 14.6 Å².